The summed E-state index contributed by atoms with van der Waals surface area (Å²) in [5.41, 5.74) is 0.574. The molecule has 2 rings (SSSR count). The van der Waals surface area contributed by atoms with E-state index in [1.165, 1.54) is 12.3 Å². The fourth-order valence-electron chi connectivity index (χ4n) is 1.76. The molecule has 1 atom stereocenters. The Morgan fingerprint density at radius 2 is 2.26 bits per heavy atom. The number of hydrogen-bond donors (Lipinski definition) is 1. The highest BCUT2D eigenvalue weighted by molar-refractivity contribution is 5.49. The Morgan fingerprint density at radius 3 is 2.84 bits per heavy atom. The minimum atomic E-state index is -0.421. The van der Waals surface area contributed by atoms with Crippen molar-refractivity contribution in [3.05, 3.63) is 40.1 Å². The van der Waals surface area contributed by atoms with E-state index in [9.17, 15) is 10.1 Å². The molecular weight excluding hydrogens is 248 g/mol. The Bertz CT molecular complexity index is 609. The van der Waals surface area contributed by atoms with Gasteiger partial charge in [-0.1, -0.05) is 0 Å². The van der Waals surface area contributed by atoms with Crippen LogP contribution in [0.15, 0.2) is 18.6 Å². The number of aromatic nitrogens is 4. The molecule has 8 heteroatoms. The third-order valence-corrected chi connectivity index (χ3v) is 2.77. The predicted octanol–water partition coefficient (Wildman–Crippen LogP) is 1.60. The Hall–Kier alpha value is -2.51. The molecule has 1 N–H and O–H groups in total. The highest BCUT2D eigenvalue weighted by Crippen LogP contribution is 2.22. The van der Waals surface area contributed by atoms with Crippen LogP contribution in [0.4, 0.5) is 11.5 Å². The zero-order valence-electron chi connectivity index (χ0n) is 10.9. The molecule has 0 aromatic carbocycles. The average Bonchev–Trinajstić information content (AvgIpc) is 2.77. The Kier molecular flexibility index (Phi) is 3.41. The van der Waals surface area contributed by atoms with Crippen molar-refractivity contribution in [2.45, 2.75) is 19.9 Å². The summed E-state index contributed by atoms with van der Waals surface area (Å²) >= 11 is 0. The fraction of sp³-hybridized carbons (Fsp3) is 0.364. The van der Waals surface area contributed by atoms with Crippen molar-refractivity contribution < 1.29 is 4.92 Å². The molecule has 0 aliphatic carbocycles. The van der Waals surface area contributed by atoms with E-state index in [1.807, 2.05) is 14.0 Å². The first kappa shape index (κ1) is 12.9. The molecule has 8 nitrogen and oxygen atoms in total. The molecule has 2 heterocycles. The second-order valence-electron chi connectivity index (χ2n) is 4.28. The molecule has 0 aliphatic rings. The summed E-state index contributed by atoms with van der Waals surface area (Å²) in [7, 11) is 1.83. The normalized spacial score (nSPS) is 12.2. The number of aryl methyl sites for hydroxylation is 2. The Balaban J connectivity index is 2.22. The summed E-state index contributed by atoms with van der Waals surface area (Å²) in [5.74, 6) is 1.16. The molecule has 0 saturated heterocycles. The molecule has 2 aromatic rings. The van der Waals surface area contributed by atoms with E-state index in [0.717, 1.165) is 5.82 Å². The number of pyridine rings is 1. The molecule has 0 spiro atoms. The molecule has 0 fully saturated rings. The Morgan fingerprint density at radius 1 is 1.53 bits per heavy atom. The van der Waals surface area contributed by atoms with Crippen LogP contribution < -0.4 is 5.32 Å². The summed E-state index contributed by atoms with van der Waals surface area (Å²) in [5, 5.41) is 21.7. The lowest BCUT2D eigenvalue weighted by atomic mass is 10.2. The first-order chi connectivity index (χ1) is 8.99. The van der Waals surface area contributed by atoms with E-state index in [0.29, 0.717) is 11.4 Å². The van der Waals surface area contributed by atoms with Gasteiger partial charge in [0.2, 0.25) is 0 Å². The van der Waals surface area contributed by atoms with E-state index in [2.05, 4.69) is 20.5 Å². The predicted molar refractivity (Wildman–Crippen MR) is 68.7 cm³/mol. The first-order valence-electron chi connectivity index (χ1n) is 5.70. The van der Waals surface area contributed by atoms with Crippen LogP contribution in [0.25, 0.3) is 0 Å². The summed E-state index contributed by atoms with van der Waals surface area (Å²) in [6.07, 6.45) is 3.07. The van der Waals surface area contributed by atoms with Gasteiger partial charge < -0.3 is 9.88 Å². The summed E-state index contributed by atoms with van der Waals surface area (Å²) in [6, 6.07) is 1.27. The second kappa shape index (κ2) is 5.01. The fourth-order valence-corrected chi connectivity index (χ4v) is 1.76. The number of anilines is 1. The highest BCUT2D eigenvalue weighted by Gasteiger charge is 2.15. The van der Waals surface area contributed by atoms with Gasteiger partial charge in [0.15, 0.2) is 5.82 Å². The number of nitrogens with zero attached hydrogens (tertiary/aromatic N) is 5. The van der Waals surface area contributed by atoms with Crippen LogP contribution in [0.1, 0.15) is 24.4 Å². The van der Waals surface area contributed by atoms with Gasteiger partial charge in [-0.2, -0.15) is 0 Å². The van der Waals surface area contributed by atoms with Crippen LogP contribution in [0, 0.1) is 17.0 Å². The van der Waals surface area contributed by atoms with Gasteiger partial charge in [0, 0.05) is 18.8 Å². The van der Waals surface area contributed by atoms with Crippen LogP contribution in [0.3, 0.4) is 0 Å². The van der Waals surface area contributed by atoms with Gasteiger partial charge in [-0.3, -0.25) is 10.1 Å². The smallest absolute Gasteiger partial charge is 0.277 e. The highest BCUT2D eigenvalue weighted by atomic mass is 16.6. The quantitative estimate of drug-likeness (QED) is 0.663. The molecule has 0 radical (unpaired) electrons. The molecule has 0 amide bonds. The van der Waals surface area contributed by atoms with Crippen LogP contribution >= 0.6 is 0 Å². The number of hydrogen-bond acceptors (Lipinski definition) is 6. The van der Waals surface area contributed by atoms with Gasteiger partial charge in [0.25, 0.3) is 5.69 Å². The van der Waals surface area contributed by atoms with Crippen molar-refractivity contribution >= 4 is 11.5 Å². The molecule has 2 aromatic heterocycles. The lowest BCUT2D eigenvalue weighted by molar-refractivity contribution is -0.385. The van der Waals surface area contributed by atoms with E-state index >= 15 is 0 Å². The third kappa shape index (κ3) is 2.67. The zero-order valence-corrected chi connectivity index (χ0v) is 10.9. The minimum absolute atomic E-state index is 0.0441. The van der Waals surface area contributed by atoms with E-state index in [-0.39, 0.29) is 11.7 Å². The number of nitrogens with one attached hydrogen (secondary N) is 1. The van der Waals surface area contributed by atoms with Crippen LogP contribution in [-0.4, -0.2) is 24.7 Å². The standard InChI is InChI=1S/C11H14N6O2/c1-7-5-12-10(4-9(7)17(18)19)14-8(2)11-15-13-6-16(11)3/h4-6,8H,1-3H3,(H,12,14). The van der Waals surface area contributed by atoms with Crippen molar-refractivity contribution in [2.75, 3.05) is 5.32 Å². The lowest BCUT2D eigenvalue weighted by Crippen LogP contribution is -2.13. The molecule has 0 bridgehead atoms. The van der Waals surface area contributed by atoms with Gasteiger partial charge in [-0.15, -0.1) is 10.2 Å². The van der Waals surface area contributed by atoms with Crippen molar-refractivity contribution in [1.82, 2.24) is 19.7 Å². The first-order valence-corrected chi connectivity index (χ1v) is 5.70. The largest absolute Gasteiger partial charge is 0.360 e. The Labute approximate surface area is 109 Å². The maximum absolute atomic E-state index is 10.9. The van der Waals surface area contributed by atoms with Crippen LogP contribution in [0.2, 0.25) is 0 Å². The molecular formula is C11H14N6O2. The maximum Gasteiger partial charge on any atom is 0.277 e. The van der Waals surface area contributed by atoms with Crippen LogP contribution in [-0.2, 0) is 7.05 Å². The molecule has 19 heavy (non-hydrogen) atoms. The van der Waals surface area contributed by atoms with E-state index < -0.39 is 4.92 Å². The van der Waals surface area contributed by atoms with Gasteiger partial charge in [-0.25, -0.2) is 4.98 Å². The van der Waals surface area contributed by atoms with Gasteiger partial charge in [0.05, 0.1) is 17.0 Å². The number of nitro groups is 1. The van der Waals surface area contributed by atoms with Crippen LogP contribution in [0.5, 0.6) is 0 Å². The average molecular weight is 262 g/mol. The van der Waals surface area contributed by atoms with E-state index in [1.54, 1.807) is 17.8 Å². The maximum atomic E-state index is 10.9. The SMILES string of the molecule is Cc1cnc(NC(C)c2nncn2C)cc1[N+](=O)[O-]. The zero-order chi connectivity index (χ0) is 14.0. The van der Waals surface area contributed by atoms with E-state index in [4.69, 9.17) is 0 Å². The van der Waals surface area contributed by atoms with Gasteiger partial charge in [0.1, 0.15) is 12.1 Å². The van der Waals surface area contributed by atoms with Gasteiger partial charge in [-0.05, 0) is 13.8 Å². The number of rotatable bonds is 4. The van der Waals surface area contributed by atoms with Gasteiger partial charge >= 0.3 is 0 Å². The van der Waals surface area contributed by atoms with Crippen molar-refractivity contribution in [1.29, 1.82) is 0 Å². The second-order valence-corrected chi connectivity index (χ2v) is 4.28. The molecule has 100 valence electrons. The topological polar surface area (TPSA) is 98.8 Å². The summed E-state index contributed by atoms with van der Waals surface area (Å²) in [6.45, 7) is 3.54. The van der Waals surface area contributed by atoms with Crippen molar-refractivity contribution in [3.63, 3.8) is 0 Å². The molecule has 0 aliphatic heterocycles. The van der Waals surface area contributed by atoms with Crippen molar-refractivity contribution in [3.8, 4) is 0 Å². The summed E-state index contributed by atoms with van der Waals surface area (Å²) in [4.78, 5) is 14.6. The molecule has 0 saturated carbocycles. The van der Waals surface area contributed by atoms with Crippen molar-refractivity contribution in [2.24, 2.45) is 7.05 Å². The molecule has 1 unspecified atom stereocenters. The minimum Gasteiger partial charge on any atom is -0.360 e. The third-order valence-electron chi connectivity index (χ3n) is 2.77. The summed E-state index contributed by atoms with van der Waals surface area (Å²) < 4.78 is 1.78. The monoisotopic (exact) mass is 262 g/mol. The lowest BCUT2D eigenvalue weighted by Gasteiger charge is -2.13.